The number of aliphatic imine (C=N–C) groups is 1. The first-order chi connectivity index (χ1) is 10.2. The van der Waals surface area contributed by atoms with Crippen LogP contribution < -0.4 is 5.32 Å². The van der Waals surface area contributed by atoms with Crippen LogP contribution in [0.5, 0.6) is 0 Å². The molecule has 0 bridgehead atoms. The predicted octanol–water partition coefficient (Wildman–Crippen LogP) is 3.54. The van der Waals surface area contributed by atoms with Crippen molar-refractivity contribution in [3.8, 4) is 6.07 Å². The number of halogens is 1. The normalized spacial score (nSPS) is 10.3. The molecule has 0 aliphatic carbocycles. The van der Waals surface area contributed by atoms with Gasteiger partial charge in [0.2, 0.25) is 0 Å². The van der Waals surface area contributed by atoms with E-state index in [1.54, 1.807) is 0 Å². The van der Waals surface area contributed by atoms with Crippen LogP contribution in [-0.2, 0) is 6.54 Å². The van der Waals surface area contributed by atoms with Gasteiger partial charge in [0.05, 0.1) is 18.2 Å². The molecule has 1 aromatic rings. The summed E-state index contributed by atoms with van der Waals surface area (Å²) in [6.45, 7) is 8.21. The first-order valence-corrected chi connectivity index (χ1v) is 7.30. The minimum absolute atomic E-state index is 0. The van der Waals surface area contributed by atoms with E-state index in [0.717, 1.165) is 37.5 Å². The molecule has 0 saturated heterocycles. The molecular weight excluding hydrogens is 387 g/mol. The number of unbranched alkanes of at least 4 members (excludes halogenated alkanes) is 1. The topological polar surface area (TPSA) is 51.4 Å². The van der Waals surface area contributed by atoms with Gasteiger partial charge in [-0.05, 0) is 37.5 Å². The highest BCUT2D eigenvalue weighted by molar-refractivity contribution is 14.0. The fourth-order valence-electron chi connectivity index (χ4n) is 1.90. The minimum atomic E-state index is 0. The number of rotatable bonds is 7. The van der Waals surface area contributed by atoms with Gasteiger partial charge in [-0.25, -0.2) is 4.99 Å². The van der Waals surface area contributed by atoms with Crippen molar-refractivity contribution in [3.63, 3.8) is 0 Å². The summed E-state index contributed by atoms with van der Waals surface area (Å²) in [7, 11) is 2.05. The van der Waals surface area contributed by atoms with E-state index in [9.17, 15) is 0 Å². The van der Waals surface area contributed by atoms with Gasteiger partial charge >= 0.3 is 0 Å². The van der Waals surface area contributed by atoms with Crippen molar-refractivity contribution in [1.82, 2.24) is 10.2 Å². The van der Waals surface area contributed by atoms with Crippen LogP contribution in [0.4, 0.5) is 0 Å². The molecule has 1 aromatic carbocycles. The van der Waals surface area contributed by atoms with Crippen molar-refractivity contribution in [3.05, 3.63) is 48.0 Å². The van der Waals surface area contributed by atoms with E-state index in [-0.39, 0.29) is 24.0 Å². The van der Waals surface area contributed by atoms with E-state index < -0.39 is 0 Å². The standard InChI is InChI=1S/C17H24N4.HI/c1-4-6-7-12-21(3)17(19-5-2)20-14-16-10-8-15(13-18)9-11-16;/h4,8-11H,1,5-7,12,14H2,2-3H3,(H,19,20);1H. The van der Waals surface area contributed by atoms with E-state index in [1.165, 1.54) is 0 Å². The largest absolute Gasteiger partial charge is 0.357 e. The molecule has 120 valence electrons. The summed E-state index contributed by atoms with van der Waals surface area (Å²) in [4.78, 5) is 6.78. The number of nitrogens with one attached hydrogen (secondary N) is 1. The fourth-order valence-corrected chi connectivity index (χ4v) is 1.90. The molecule has 4 nitrogen and oxygen atoms in total. The first kappa shape index (κ1) is 20.5. The third-order valence-electron chi connectivity index (χ3n) is 3.09. The van der Waals surface area contributed by atoms with Gasteiger partial charge < -0.3 is 10.2 Å². The Bertz CT molecular complexity index is 502. The van der Waals surface area contributed by atoms with Gasteiger partial charge in [0.15, 0.2) is 5.96 Å². The lowest BCUT2D eigenvalue weighted by molar-refractivity contribution is 0.470. The lowest BCUT2D eigenvalue weighted by Crippen LogP contribution is -2.39. The molecule has 0 radical (unpaired) electrons. The Morgan fingerprint density at radius 2 is 2.09 bits per heavy atom. The van der Waals surface area contributed by atoms with Gasteiger partial charge in [-0.1, -0.05) is 18.2 Å². The highest BCUT2D eigenvalue weighted by atomic mass is 127. The van der Waals surface area contributed by atoms with Crippen molar-refractivity contribution in [1.29, 1.82) is 5.26 Å². The second-order valence-electron chi connectivity index (χ2n) is 4.83. The maximum atomic E-state index is 8.79. The highest BCUT2D eigenvalue weighted by Crippen LogP contribution is 2.05. The van der Waals surface area contributed by atoms with Gasteiger partial charge in [-0.3, -0.25) is 0 Å². The molecule has 0 heterocycles. The Balaban J connectivity index is 0.00000441. The third-order valence-corrected chi connectivity index (χ3v) is 3.09. The zero-order valence-corrected chi connectivity index (χ0v) is 15.7. The summed E-state index contributed by atoms with van der Waals surface area (Å²) in [5.74, 6) is 0.908. The van der Waals surface area contributed by atoms with Crippen molar-refractivity contribution < 1.29 is 0 Å². The molecule has 0 saturated carbocycles. The lowest BCUT2D eigenvalue weighted by atomic mass is 10.1. The molecule has 0 fully saturated rings. The number of allylic oxidation sites excluding steroid dienone is 1. The van der Waals surface area contributed by atoms with E-state index in [1.807, 2.05) is 37.4 Å². The minimum Gasteiger partial charge on any atom is -0.357 e. The summed E-state index contributed by atoms with van der Waals surface area (Å²) in [5.41, 5.74) is 1.78. The molecule has 1 rings (SSSR count). The number of hydrogen-bond donors (Lipinski definition) is 1. The maximum Gasteiger partial charge on any atom is 0.193 e. The van der Waals surface area contributed by atoms with E-state index in [2.05, 4.69) is 34.8 Å². The van der Waals surface area contributed by atoms with Crippen LogP contribution in [-0.4, -0.2) is 31.0 Å². The first-order valence-electron chi connectivity index (χ1n) is 7.30. The number of nitriles is 1. The van der Waals surface area contributed by atoms with Crippen LogP contribution in [0.1, 0.15) is 30.9 Å². The fraction of sp³-hybridized carbons (Fsp3) is 0.412. The summed E-state index contributed by atoms with van der Waals surface area (Å²) < 4.78 is 0. The summed E-state index contributed by atoms with van der Waals surface area (Å²) in [5, 5.41) is 12.1. The van der Waals surface area contributed by atoms with Crippen LogP contribution in [0.25, 0.3) is 0 Å². The Labute approximate surface area is 150 Å². The smallest absolute Gasteiger partial charge is 0.193 e. The van der Waals surface area contributed by atoms with Crippen LogP contribution in [0, 0.1) is 11.3 Å². The zero-order chi connectivity index (χ0) is 15.5. The Morgan fingerprint density at radius 3 is 2.64 bits per heavy atom. The molecule has 0 amide bonds. The second kappa shape index (κ2) is 12.0. The van der Waals surface area contributed by atoms with E-state index in [4.69, 9.17) is 5.26 Å². The van der Waals surface area contributed by atoms with Gasteiger partial charge in [0.1, 0.15) is 0 Å². The summed E-state index contributed by atoms with van der Waals surface area (Å²) in [6.07, 6.45) is 4.02. The van der Waals surface area contributed by atoms with Gasteiger partial charge in [-0.15, -0.1) is 30.6 Å². The van der Waals surface area contributed by atoms with Gasteiger partial charge in [-0.2, -0.15) is 5.26 Å². The molecule has 0 aliphatic heterocycles. The molecule has 0 aliphatic rings. The van der Waals surface area contributed by atoms with Crippen LogP contribution >= 0.6 is 24.0 Å². The van der Waals surface area contributed by atoms with Crippen molar-refractivity contribution in [2.75, 3.05) is 20.1 Å². The zero-order valence-electron chi connectivity index (χ0n) is 13.4. The average molecular weight is 412 g/mol. The Hall–Kier alpha value is -1.55. The quantitative estimate of drug-likeness (QED) is 0.245. The average Bonchev–Trinajstić information content (AvgIpc) is 2.52. The summed E-state index contributed by atoms with van der Waals surface area (Å²) in [6, 6.07) is 9.67. The van der Waals surface area contributed by atoms with Crippen LogP contribution in [0.3, 0.4) is 0 Å². The van der Waals surface area contributed by atoms with Crippen molar-refractivity contribution in [2.24, 2.45) is 4.99 Å². The van der Waals surface area contributed by atoms with Crippen molar-refractivity contribution >= 4 is 29.9 Å². The van der Waals surface area contributed by atoms with Crippen LogP contribution in [0.2, 0.25) is 0 Å². The lowest BCUT2D eigenvalue weighted by Gasteiger charge is -2.21. The number of benzene rings is 1. The number of nitrogens with zero attached hydrogens (tertiary/aromatic N) is 3. The molecule has 0 unspecified atom stereocenters. The molecule has 0 spiro atoms. The number of hydrogen-bond acceptors (Lipinski definition) is 2. The van der Waals surface area contributed by atoms with E-state index in [0.29, 0.717) is 12.1 Å². The van der Waals surface area contributed by atoms with Crippen LogP contribution in [0.15, 0.2) is 41.9 Å². The van der Waals surface area contributed by atoms with Gasteiger partial charge in [0, 0.05) is 20.1 Å². The number of guanidine groups is 1. The molecule has 5 heteroatoms. The molecule has 0 atom stereocenters. The molecule has 1 N–H and O–H groups in total. The van der Waals surface area contributed by atoms with E-state index >= 15 is 0 Å². The highest BCUT2D eigenvalue weighted by Gasteiger charge is 2.04. The summed E-state index contributed by atoms with van der Waals surface area (Å²) >= 11 is 0. The Morgan fingerprint density at radius 1 is 1.41 bits per heavy atom. The Kier molecular flexibility index (Phi) is 11.2. The van der Waals surface area contributed by atoms with Crippen molar-refractivity contribution in [2.45, 2.75) is 26.3 Å². The van der Waals surface area contributed by atoms with Gasteiger partial charge in [0.25, 0.3) is 0 Å². The SMILES string of the molecule is C=CCCCN(C)C(=NCc1ccc(C#N)cc1)NCC.I. The predicted molar refractivity (Wildman–Crippen MR) is 103 cm³/mol. The maximum absolute atomic E-state index is 8.79. The molecule has 22 heavy (non-hydrogen) atoms. The third kappa shape index (κ3) is 7.46. The molecular formula is C17H25IN4. The monoisotopic (exact) mass is 412 g/mol. The molecule has 0 aromatic heterocycles. The second-order valence-corrected chi connectivity index (χ2v) is 4.83.